The number of sulfonamides is 1. The van der Waals surface area contributed by atoms with Gasteiger partial charge < -0.3 is 5.73 Å². The molecular weight excluding hydrogens is 231 g/mol. The topological polar surface area (TPSA) is 72.2 Å². The highest BCUT2D eigenvalue weighted by molar-refractivity contribution is 7.92. The van der Waals surface area contributed by atoms with Crippen LogP contribution in [0.5, 0.6) is 0 Å². The molecule has 0 aliphatic heterocycles. The molecule has 0 radical (unpaired) electrons. The molecular formula is C10H15FN2O2S. The maximum Gasteiger partial charge on any atom is 0.232 e. The number of nitrogens with two attached hydrogens (primary N) is 1. The Morgan fingerprint density at radius 2 is 2.12 bits per heavy atom. The molecule has 16 heavy (non-hydrogen) atoms. The van der Waals surface area contributed by atoms with E-state index in [1.165, 1.54) is 12.1 Å². The van der Waals surface area contributed by atoms with Gasteiger partial charge in [-0.25, -0.2) is 12.8 Å². The number of hydrogen-bond acceptors (Lipinski definition) is 3. The molecule has 0 bridgehead atoms. The van der Waals surface area contributed by atoms with Crippen LogP contribution in [0.1, 0.15) is 19.8 Å². The molecule has 1 rings (SSSR count). The Morgan fingerprint density at radius 1 is 1.44 bits per heavy atom. The molecule has 0 saturated carbocycles. The summed E-state index contributed by atoms with van der Waals surface area (Å²) < 4.78 is 38.3. The second-order valence-electron chi connectivity index (χ2n) is 3.51. The van der Waals surface area contributed by atoms with Crippen LogP contribution in [0.15, 0.2) is 18.2 Å². The summed E-state index contributed by atoms with van der Waals surface area (Å²) in [5.41, 5.74) is 5.47. The summed E-state index contributed by atoms with van der Waals surface area (Å²) in [5.74, 6) is -0.592. The van der Waals surface area contributed by atoms with E-state index in [1.807, 2.05) is 6.92 Å². The van der Waals surface area contributed by atoms with Gasteiger partial charge in [0.25, 0.3) is 0 Å². The Labute approximate surface area is 94.7 Å². The zero-order valence-corrected chi connectivity index (χ0v) is 9.85. The number of halogens is 1. The van der Waals surface area contributed by atoms with E-state index in [9.17, 15) is 12.8 Å². The van der Waals surface area contributed by atoms with Crippen molar-refractivity contribution in [2.75, 3.05) is 16.2 Å². The third-order valence-corrected chi connectivity index (χ3v) is 3.41. The maximum atomic E-state index is 13.0. The second-order valence-corrected chi connectivity index (χ2v) is 5.35. The molecule has 0 spiro atoms. The molecule has 0 saturated heterocycles. The summed E-state index contributed by atoms with van der Waals surface area (Å²) in [5, 5.41) is 0. The van der Waals surface area contributed by atoms with Crippen molar-refractivity contribution in [1.82, 2.24) is 0 Å². The third kappa shape index (κ3) is 3.69. The van der Waals surface area contributed by atoms with Crippen LogP contribution in [0.2, 0.25) is 0 Å². The average molecular weight is 246 g/mol. The van der Waals surface area contributed by atoms with Crippen LogP contribution in [0.4, 0.5) is 15.8 Å². The molecule has 0 fully saturated rings. The minimum absolute atomic E-state index is 0.00324. The van der Waals surface area contributed by atoms with E-state index in [0.717, 1.165) is 12.5 Å². The Balaban J connectivity index is 2.76. The molecule has 3 N–H and O–H groups in total. The van der Waals surface area contributed by atoms with Crippen molar-refractivity contribution >= 4 is 21.4 Å². The van der Waals surface area contributed by atoms with Gasteiger partial charge >= 0.3 is 0 Å². The van der Waals surface area contributed by atoms with Crippen LogP contribution < -0.4 is 10.5 Å². The number of benzene rings is 1. The van der Waals surface area contributed by atoms with E-state index in [2.05, 4.69) is 4.72 Å². The summed E-state index contributed by atoms with van der Waals surface area (Å²) in [6.07, 6.45) is 1.36. The molecule has 0 amide bonds. The minimum atomic E-state index is -3.38. The summed E-state index contributed by atoms with van der Waals surface area (Å²) in [6.45, 7) is 1.90. The monoisotopic (exact) mass is 246 g/mol. The fourth-order valence-electron chi connectivity index (χ4n) is 1.16. The fraction of sp³-hybridized carbons (Fsp3) is 0.400. The Hall–Kier alpha value is -1.30. The molecule has 0 aromatic heterocycles. The standard InChI is InChI=1S/C10H15FN2O2S/c1-2-3-6-16(14,15)13-8-4-5-10(12)9(11)7-8/h4-5,7,13H,2-3,6,12H2,1H3. The van der Waals surface area contributed by atoms with E-state index in [4.69, 9.17) is 5.73 Å². The first-order chi connectivity index (χ1) is 7.44. The minimum Gasteiger partial charge on any atom is -0.396 e. The second kappa shape index (κ2) is 5.16. The van der Waals surface area contributed by atoms with Gasteiger partial charge in [-0.15, -0.1) is 0 Å². The van der Waals surface area contributed by atoms with Crippen molar-refractivity contribution in [2.24, 2.45) is 0 Å². The number of nitrogen functional groups attached to an aromatic ring is 1. The van der Waals surface area contributed by atoms with E-state index in [1.54, 1.807) is 0 Å². The molecule has 0 aliphatic carbocycles. The molecule has 0 atom stereocenters. The largest absolute Gasteiger partial charge is 0.396 e. The quantitative estimate of drug-likeness (QED) is 0.780. The molecule has 90 valence electrons. The highest BCUT2D eigenvalue weighted by Gasteiger charge is 2.10. The molecule has 0 heterocycles. The van der Waals surface area contributed by atoms with E-state index in [-0.39, 0.29) is 17.1 Å². The van der Waals surface area contributed by atoms with Crippen LogP contribution >= 0.6 is 0 Å². The van der Waals surface area contributed by atoms with Gasteiger partial charge in [0, 0.05) is 6.07 Å². The lowest BCUT2D eigenvalue weighted by Crippen LogP contribution is -2.16. The van der Waals surface area contributed by atoms with Gasteiger partial charge in [0.15, 0.2) is 0 Å². The molecule has 0 unspecified atom stereocenters. The van der Waals surface area contributed by atoms with Gasteiger partial charge in [-0.1, -0.05) is 13.3 Å². The summed E-state index contributed by atoms with van der Waals surface area (Å²) in [7, 11) is -3.38. The third-order valence-electron chi connectivity index (χ3n) is 2.04. The Bertz CT molecular complexity index is 460. The van der Waals surface area contributed by atoms with E-state index >= 15 is 0 Å². The highest BCUT2D eigenvalue weighted by atomic mass is 32.2. The summed E-state index contributed by atoms with van der Waals surface area (Å²) >= 11 is 0. The average Bonchev–Trinajstić information content (AvgIpc) is 2.20. The zero-order chi connectivity index (χ0) is 12.2. The van der Waals surface area contributed by atoms with Crippen molar-refractivity contribution in [3.05, 3.63) is 24.0 Å². The first kappa shape index (κ1) is 12.8. The van der Waals surface area contributed by atoms with E-state index in [0.29, 0.717) is 6.42 Å². The smallest absolute Gasteiger partial charge is 0.232 e. The molecule has 6 heteroatoms. The molecule has 4 nitrogen and oxygen atoms in total. The zero-order valence-electron chi connectivity index (χ0n) is 9.03. The van der Waals surface area contributed by atoms with Gasteiger partial charge in [0.05, 0.1) is 17.1 Å². The molecule has 1 aromatic carbocycles. The molecule has 0 aliphatic rings. The van der Waals surface area contributed by atoms with Gasteiger partial charge in [-0.3, -0.25) is 4.72 Å². The lowest BCUT2D eigenvalue weighted by atomic mass is 10.3. The van der Waals surface area contributed by atoms with Gasteiger partial charge in [0.1, 0.15) is 5.82 Å². The summed E-state index contributed by atoms with van der Waals surface area (Å²) in [6, 6.07) is 3.83. The van der Waals surface area contributed by atoms with Crippen LogP contribution in [0.25, 0.3) is 0 Å². The van der Waals surface area contributed by atoms with E-state index < -0.39 is 15.8 Å². The van der Waals surface area contributed by atoms with Crippen LogP contribution in [-0.2, 0) is 10.0 Å². The van der Waals surface area contributed by atoms with Crippen molar-refractivity contribution < 1.29 is 12.8 Å². The van der Waals surface area contributed by atoms with Crippen LogP contribution in [0.3, 0.4) is 0 Å². The predicted octanol–water partition coefficient (Wildman–Crippen LogP) is 1.95. The normalized spacial score (nSPS) is 11.4. The predicted molar refractivity (Wildman–Crippen MR) is 63.1 cm³/mol. The van der Waals surface area contributed by atoms with Crippen molar-refractivity contribution in [2.45, 2.75) is 19.8 Å². The fourth-order valence-corrected chi connectivity index (χ4v) is 2.41. The van der Waals surface area contributed by atoms with Crippen LogP contribution in [0, 0.1) is 5.82 Å². The van der Waals surface area contributed by atoms with Crippen molar-refractivity contribution in [3.63, 3.8) is 0 Å². The first-order valence-corrected chi connectivity index (χ1v) is 6.65. The highest BCUT2D eigenvalue weighted by Crippen LogP contribution is 2.17. The first-order valence-electron chi connectivity index (χ1n) is 5.00. The Morgan fingerprint density at radius 3 is 2.69 bits per heavy atom. The van der Waals surface area contributed by atoms with Gasteiger partial charge in [-0.05, 0) is 18.6 Å². The number of rotatable bonds is 5. The SMILES string of the molecule is CCCCS(=O)(=O)Nc1ccc(N)c(F)c1. The summed E-state index contributed by atoms with van der Waals surface area (Å²) in [4.78, 5) is 0. The lowest BCUT2D eigenvalue weighted by molar-refractivity contribution is 0.597. The Kier molecular flexibility index (Phi) is 4.12. The van der Waals surface area contributed by atoms with Gasteiger partial charge in [-0.2, -0.15) is 0 Å². The maximum absolute atomic E-state index is 13.0. The van der Waals surface area contributed by atoms with Crippen LogP contribution in [-0.4, -0.2) is 14.2 Å². The van der Waals surface area contributed by atoms with Gasteiger partial charge in [0.2, 0.25) is 10.0 Å². The number of unbranched alkanes of at least 4 members (excludes halogenated alkanes) is 1. The van der Waals surface area contributed by atoms with Crippen molar-refractivity contribution in [3.8, 4) is 0 Å². The number of nitrogens with one attached hydrogen (secondary N) is 1. The number of anilines is 2. The molecule has 1 aromatic rings. The number of hydrogen-bond donors (Lipinski definition) is 2. The lowest BCUT2D eigenvalue weighted by Gasteiger charge is -2.08. The van der Waals surface area contributed by atoms with Crippen molar-refractivity contribution in [1.29, 1.82) is 0 Å².